The predicted octanol–water partition coefficient (Wildman–Crippen LogP) is 3.40. The standard InChI is InChI=1S/C18H23NO2/c1-3-4-6-13-18(20)19-16(2)10-9-14-21-15-17-11-7-5-8-12-17/h3-13,16H,14-15H2,1-2H3,(H,19,20). The Bertz CT molecular complexity index is 489. The first-order chi connectivity index (χ1) is 10.2. The normalized spacial score (nSPS) is 13.2. The van der Waals surface area contributed by atoms with Crippen LogP contribution in [0, 0.1) is 0 Å². The van der Waals surface area contributed by atoms with E-state index in [1.807, 2.05) is 68.5 Å². The Morgan fingerprint density at radius 1 is 1.29 bits per heavy atom. The molecule has 1 aromatic rings. The molecule has 0 aliphatic heterocycles. The summed E-state index contributed by atoms with van der Waals surface area (Å²) in [7, 11) is 0. The van der Waals surface area contributed by atoms with E-state index in [0.29, 0.717) is 13.2 Å². The van der Waals surface area contributed by atoms with Crippen LogP contribution in [0.1, 0.15) is 19.4 Å². The number of nitrogens with one attached hydrogen (secondary N) is 1. The van der Waals surface area contributed by atoms with Crippen molar-refractivity contribution < 1.29 is 9.53 Å². The fourth-order valence-corrected chi connectivity index (χ4v) is 1.65. The van der Waals surface area contributed by atoms with E-state index in [4.69, 9.17) is 4.74 Å². The largest absolute Gasteiger partial charge is 0.373 e. The van der Waals surface area contributed by atoms with Crippen LogP contribution in [-0.4, -0.2) is 18.6 Å². The highest BCUT2D eigenvalue weighted by atomic mass is 16.5. The number of carbonyl (C=O) groups excluding carboxylic acids is 1. The molecule has 0 fully saturated rings. The third-order valence-corrected chi connectivity index (χ3v) is 2.67. The van der Waals surface area contributed by atoms with Gasteiger partial charge in [0.05, 0.1) is 13.2 Å². The highest BCUT2D eigenvalue weighted by Crippen LogP contribution is 2.00. The van der Waals surface area contributed by atoms with Gasteiger partial charge >= 0.3 is 0 Å². The maximum absolute atomic E-state index is 11.5. The number of amides is 1. The van der Waals surface area contributed by atoms with Crippen LogP contribution in [0.3, 0.4) is 0 Å². The molecular weight excluding hydrogens is 262 g/mol. The molecule has 1 rings (SSSR count). The fourth-order valence-electron chi connectivity index (χ4n) is 1.65. The Morgan fingerprint density at radius 2 is 2.05 bits per heavy atom. The molecule has 0 heterocycles. The molecule has 0 spiro atoms. The zero-order valence-electron chi connectivity index (χ0n) is 12.7. The minimum atomic E-state index is -0.101. The highest BCUT2D eigenvalue weighted by molar-refractivity contribution is 5.88. The van der Waals surface area contributed by atoms with Crippen molar-refractivity contribution in [1.82, 2.24) is 5.32 Å². The van der Waals surface area contributed by atoms with Crippen LogP contribution in [0.5, 0.6) is 0 Å². The number of rotatable bonds is 8. The van der Waals surface area contributed by atoms with Crippen molar-refractivity contribution in [3.63, 3.8) is 0 Å². The smallest absolute Gasteiger partial charge is 0.244 e. The number of ether oxygens (including phenoxy) is 1. The fraction of sp³-hybridized carbons (Fsp3) is 0.278. The summed E-state index contributed by atoms with van der Waals surface area (Å²) < 4.78 is 5.53. The van der Waals surface area contributed by atoms with E-state index in [2.05, 4.69) is 5.32 Å². The van der Waals surface area contributed by atoms with E-state index in [1.165, 1.54) is 6.08 Å². The van der Waals surface area contributed by atoms with Crippen LogP contribution in [0.25, 0.3) is 0 Å². The molecule has 1 aromatic carbocycles. The van der Waals surface area contributed by atoms with Crippen molar-refractivity contribution in [2.24, 2.45) is 0 Å². The second-order valence-electron chi connectivity index (χ2n) is 4.61. The van der Waals surface area contributed by atoms with E-state index in [-0.39, 0.29) is 11.9 Å². The molecule has 1 N–H and O–H groups in total. The Kier molecular flexibility index (Phi) is 8.57. The van der Waals surface area contributed by atoms with Crippen LogP contribution in [-0.2, 0) is 16.1 Å². The van der Waals surface area contributed by atoms with Gasteiger partial charge in [0.2, 0.25) is 5.91 Å². The lowest BCUT2D eigenvalue weighted by Crippen LogP contribution is -2.29. The van der Waals surface area contributed by atoms with Gasteiger partial charge in [-0.25, -0.2) is 0 Å². The average Bonchev–Trinajstić information content (AvgIpc) is 2.48. The lowest BCUT2D eigenvalue weighted by molar-refractivity contribution is -0.116. The van der Waals surface area contributed by atoms with Gasteiger partial charge in [-0.3, -0.25) is 4.79 Å². The van der Waals surface area contributed by atoms with Gasteiger partial charge in [-0.15, -0.1) is 0 Å². The molecule has 0 saturated carbocycles. The van der Waals surface area contributed by atoms with Gasteiger partial charge in [-0.05, 0) is 19.4 Å². The summed E-state index contributed by atoms with van der Waals surface area (Å²) in [5, 5.41) is 2.85. The first-order valence-electron chi connectivity index (χ1n) is 7.10. The monoisotopic (exact) mass is 285 g/mol. The van der Waals surface area contributed by atoms with Crippen molar-refractivity contribution in [3.8, 4) is 0 Å². The summed E-state index contributed by atoms with van der Waals surface area (Å²) in [5.41, 5.74) is 1.15. The molecule has 1 atom stereocenters. The molecule has 21 heavy (non-hydrogen) atoms. The molecule has 3 heteroatoms. The number of hydrogen-bond donors (Lipinski definition) is 1. The maximum atomic E-state index is 11.5. The number of carbonyl (C=O) groups is 1. The molecule has 0 saturated heterocycles. The topological polar surface area (TPSA) is 38.3 Å². The predicted molar refractivity (Wildman–Crippen MR) is 86.8 cm³/mol. The first-order valence-corrected chi connectivity index (χ1v) is 7.10. The molecule has 0 aromatic heterocycles. The molecule has 3 nitrogen and oxygen atoms in total. The summed E-state index contributed by atoms with van der Waals surface area (Å²) in [6, 6.07) is 10.0. The molecule has 0 radical (unpaired) electrons. The maximum Gasteiger partial charge on any atom is 0.244 e. The third kappa shape index (κ3) is 8.60. The lowest BCUT2D eigenvalue weighted by atomic mass is 10.2. The quantitative estimate of drug-likeness (QED) is 0.344. The van der Waals surface area contributed by atoms with Crippen molar-refractivity contribution in [2.75, 3.05) is 6.61 Å². The van der Waals surface area contributed by atoms with Gasteiger partial charge < -0.3 is 10.1 Å². The Balaban J connectivity index is 2.19. The number of benzene rings is 1. The van der Waals surface area contributed by atoms with Gasteiger partial charge in [0.15, 0.2) is 0 Å². The molecule has 0 aliphatic carbocycles. The second-order valence-corrected chi connectivity index (χ2v) is 4.61. The number of allylic oxidation sites excluding steroid dienone is 3. The molecule has 112 valence electrons. The molecule has 0 aliphatic rings. The van der Waals surface area contributed by atoms with E-state index in [0.717, 1.165) is 5.56 Å². The van der Waals surface area contributed by atoms with Crippen molar-refractivity contribution in [3.05, 3.63) is 72.4 Å². The van der Waals surface area contributed by atoms with Crippen molar-refractivity contribution in [2.45, 2.75) is 26.5 Å². The van der Waals surface area contributed by atoms with Gasteiger partial charge in [-0.1, -0.05) is 60.7 Å². The zero-order chi connectivity index (χ0) is 15.3. The third-order valence-electron chi connectivity index (χ3n) is 2.67. The molecular formula is C18H23NO2. The summed E-state index contributed by atoms with van der Waals surface area (Å²) in [5.74, 6) is -0.101. The minimum Gasteiger partial charge on any atom is -0.373 e. The SMILES string of the molecule is CC=CC=CC(=O)NC(C)C=CCOCc1ccccc1. The van der Waals surface area contributed by atoms with Gasteiger partial charge in [0.25, 0.3) is 0 Å². The minimum absolute atomic E-state index is 0.0203. The van der Waals surface area contributed by atoms with Crippen molar-refractivity contribution in [1.29, 1.82) is 0 Å². The van der Waals surface area contributed by atoms with Gasteiger partial charge in [0, 0.05) is 12.1 Å². The average molecular weight is 285 g/mol. The van der Waals surface area contributed by atoms with Gasteiger partial charge in [-0.2, -0.15) is 0 Å². The number of hydrogen-bond acceptors (Lipinski definition) is 2. The summed E-state index contributed by atoms with van der Waals surface area (Å²) in [6.07, 6.45) is 10.8. The Morgan fingerprint density at radius 3 is 2.76 bits per heavy atom. The molecule has 1 amide bonds. The lowest BCUT2D eigenvalue weighted by Gasteiger charge is -2.07. The van der Waals surface area contributed by atoms with Gasteiger partial charge in [0.1, 0.15) is 0 Å². The Hall–Kier alpha value is -2.13. The highest BCUT2D eigenvalue weighted by Gasteiger charge is 1.99. The molecule has 0 bridgehead atoms. The van der Waals surface area contributed by atoms with E-state index < -0.39 is 0 Å². The van der Waals surface area contributed by atoms with E-state index in [1.54, 1.807) is 6.08 Å². The van der Waals surface area contributed by atoms with Crippen LogP contribution >= 0.6 is 0 Å². The zero-order valence-corrected chi connectivity index (χ0v) is 12.7. The van der Waals surface area contributed by atoms with Crippen LogP contribution < -0.4 is 5.32 Å². The van der Waals surface area contributed by atoms with E-state index in [9.17, 15) is 4.79 Å². The van der Waals surface area contributed by atoms with Crippen molar-refractivity contribution >= 4 is 5.91 Å². The van der Waals surface area contributed by atoms with Crippen LogP contribution in [0.2, 0.25) is 0 Å². The summed E-state index contributed by atoms with van der Waals surface area (Å²) >= 11 is 0. The second kappa shape index (κ2) is 10.6. The van der Waals surface area contributed by atoms with Crippen LogP contribution in [0.15, 0.2) is 66.8 Å². The molecule has 1 unspecified atom stereocenters. The Labute approximate surface area is 127 Å². The van der Waals surface area contributed by atoms with E-state index >= 15 is 0 Å². The summed E-state index contributed by atoms with van der Waals surface area (Å²) in [6.45, 7) is 4.96. The van der Waals surface area contributed by atoms with Crippen LogP contribution in [0.4, 0.5) is 0 Å². The summed E-state index contributed by atoms with van der Waals surface area (Å²) in [4.78, 5) is 11.5. The first kappa shape index (κ1) is 16.9.